The van der Waals surface area contributed by atoms with Gasteiger partial charge in [0.2, 0.25) is 0 Å². The molecule has 0 radical (unpaired) electrons. The monoisotopic (exact) mass is 405 g/mol. The van der Waals surface area contributed by atoms with Crippen LogP contribution in [0.3, 0.4) is 0 Å². The summed E-state index contributed by atoms with van der Waals surface area (Å²) in [5.41, 5.74) is 6.04. The first-order valence-corrected chi connectivity index (χ1v) is 9.82. The highest BCUT2D eigenvalue weighted by Gasteiger charge is 2.27. The number of aliphatic carboxylic acids is 1. The number of hydrogen-bond donors (Lipinski definition) is 2. The number of carbonyl (C=O) groups is 1. The highest BCUT2D eigenvalue weighted by molar-refractivity contribution is 5.70. The van der Waals surface area contributed by atoms with Gasteiger partial charge in [0.1, 0.15) is 17.7 Å². The standard InChI is InChI=1S/C12H15F2N2.C9H12N2O2/c1-8(2)16-4-3-12(15-16)9-5-10(13)7-11(14)6-9;1-6-5-10-11-3-2-7(9(12)13)4-8(6)11/h4-8,12,15H,3H2,1-2H3;5,7H,2-4H2,1H3,(H,12,13)/q+1;. The van der Waals surface area contributed by atoms with E-state index in [9.17, 15) is 13.6 Å². The van der Waals surface area contributed by atoms with Gasteiger partial charge in [0, 0.05) is 24.7 Å². The third-order valence-corrected chi connectivity index (χ3v) is 5.32. The topological polar surface area (TPSA) is 70.2 Å². The fourth-order valence-electron chi connectivity index (χ4n) is 3.64. The third-order valence-electron chi connectivity index (χ3n) is 5.32. The van der Waals surface area contributed by atoms with Crippen molar-refractivity contribution in [2.45, 2.75) is 58.7 Å². The number of aromatic nitrogens is 2. The van der Waals surface area contributed by atoms with Gasteiger partial charge in [-0.1, -0.05) is 0 Å². The van der Waals surface area contributed by atoms with E-state index in [-0.39, 0.29) is 12.0 Å². The molecule has 2 aromatic rings. The summed E-state index contributed by atoms with van der Waals surface area (Å²) in [6.45, 7) is 6.82. The Morgan fingerprint density at radius 2 is 2.00 bits per heavy atom. The molecule has 0 saturated carbocycles. The minimum Gasteiger partial charge on any atom is -0.481 e. The lowest BCUT2D eigenvalue weighted by atomic mass is 9.95. The van der Waals surface area contributed by atoms with Crippen molar-refractivity contribution in [2.75, 3.05) is 0 Å². The van der Waals surface area contributed by atoms with Crippen molar-refractivity contribution in [1.82, 2.24) is 15.2 Å². The van der Waals surface area contributed by atoms with Gasteiger partial charge in [-0.3, -0.25) is 9.48 Å². The van der Waals surface area contributed by atoms with Crippen molar-refractivity contribution in [3.63, 3.8) is 0 Å². The normalized spacial score (nSPS) is 20.4. The van der Waals surface area contributed by atoms with Crippen molar-refractivity contribution in [3.05, 3.63) is 52.9 Å². The van der Waals surface area contributed by atoms with Crippen LogP contribution in [0.1, 0.15) is 49.6 Å². The van der Waals surface area contributed by atoms with Gasteiger partial charge in [0.15, 0.2) is 12.3 Å². The van der Waals surface area contributed by atoms with E-state index in [1.165, 1.54) is 12.1 Å². The van der Waals surface area contributed by atoms with Crippen molar-refractivity contribution in [1.29, 1.82) is 0 Å². The first-order chi connectivity index (χ1) is 13.7. The van der Waals surface area contributed by atoms with Gasteiger partial charge >= 0.3 is 5.97 Å². The molecular weight excluding hydrogens is 378 g/mol. The average Bonchev–Trinajstić information content (AvgIpc) is 3.29. The zero-order valence-electron chi connectivity index (χ0n) is 16.9. The Balaban J connectivity index is 0.000000169. The predicted octanol–water partition coefficient (Wildman–Crippen LogP) is 3.24. The van der Waals surface area contributed by atoms with Crippen molar-refractivity contribution in [2.24, 2.45) is 5.92 Å². The van der Waals surface area contributed by atoms with Crippen LogP contribution in [0.5, 0.6) is 0 Å². The minimum absolute atomic E-state index is 0.0346. The Kier molecular flexibility index (Phi) is 6.30. The number of nitrogens with one attached hydrogen (secondary N) is 1. The largest absolute Gasteiger partial charge is 0.481 e. The van der Waals surface area contributed by atoms with Crippen LogP contribution >= 0.6 is 0 Å². The molecular formula is C21H27F2N4O2+. The minimum atomic E-state index is -0.688. The summed E-state index contributed by atoms with van der Waals surface area (Å²) >= 11 is 0. The van der Waals surface area contributed by atoms with E-state index in [2.05, 4.69) is 24.4 Å². The second kappa shape index (κ2) is 8.71. The van der Waals surface area contributed by atoms with E-state index >= 15 is 0 Å². The maximum absolute atomic E-state index is 13.0. The van der Waals surface area contributed by atoms with Crippen LogP contribution in [0.4, 0.5) is 8.78 Å². The molecule has 4 rings (SSSR count). The number of hydrogen-bond acceptors (Lipinski definition) is 3. The summed E-state index contributed by atoms with van der Waals surface area (Å²) in [5.74, 6) is -1.96. The van der Waals surface area contributed by atoms with E-state index in [1.807, 2.05) is 22.5 Å². The molecule has 1 aromatic heterocycles. The molecule has 8 heteroatoms. The number of carboxylic acids is 1. The van der Waals surface area contributed by atoms with E-state index < -0.39 is 17.6 Å². The summed E-state index contributed by atoms with van der Waals surface area (Å²) in [7, 11) is 0. The summed E-state index contributed by atoms with van der Waals surface area (Å²) in [4.78, 5) is 10.8. The van der Waals surface area contributed by atoms with Gasteiger partial charge in [-0.25, -0.2) is 8.78 Å². The number of hydrazine groups is 1. The van der Waals surface area contributed by atoms with Gasteiger partial charge in [-0.15, -0.1) is 4.68 Å². The van der Waals surface area contributed by atoms with Gasteiger partial charge < -0.3 is 5.11 Å². The second-order valence-corrected chi connectivity index (χ2v) is 7.83. The maximum atomic E-state index is 13.0. The molecule has 0 fully saturated rings. The zero-order chi connectivity index (χ0) is 21.1. The lowest BCUT2D eigenvalue weighted by molar-refractivity contribution is -0.609. The van der Waals surface area contributed by atoms with Crippen LogP contribution in [0.25, 0.3) is 0 Å². The smallest absolute Gasteiger partial charge is 0.306 e. The molecule has 3 heterocycles. The Morgan fingerprint density at radius 3 is 2.59 bits per heavy atom. The van der Waals surface area contributed by atoms with Gasteiger partial charge in [0.25, 0.3) is 0 Å². The number of halogens is 2. The Hall–Kier alpha value is -2.77. The van der Waals surface area contributed by atoms with Crippen molar-refractivity contribution < 1.29 is 23.4 Å². The summed E-state index contributed by atoms with van der Waals surface area (Å²) in [6, 6.07) is 3.94. The average molecular weight is 405 g/mol. The summed E-state index contributed by atoms with van der Waals surface area (Å²) < 4.78 is 30.0. The van der Waals surface area contributed by atoms with Crippen LogP contribution in [-0.4, -0.2) is 37.8 Å². The van der Waals surface area contributed by atoms with Crippen LogP contribution in [-0.2, 0) is 17.8 Å². The summed E-state index contributed by atoms with van der Waals surface area (Å²) in [6.07, 6.45) is 5.89. The fourth-order valence-corrected chi connectivity index (χ4v) is 3.64. The van der Waals surface area contributed by atoms with E-state index in [0.717, 1.165) is 30.3 Å². The molecule has 2 aliphatic heterocycles. The summed E-state index contributed by atoms with van der Waals surface area (Å²) in [5, 5.41) is 13.0. The molecule has 1 aromatic carbocycles. The molecule has 0 spiro atoms. The third kappa shape index (κ3) is 4.99. The van der Waals surface area contributed by atoms with Crippen LogP contribution in [0.15, 0.2) is 24.4 Å². The molecule has 2 N–H and O–H groups in total. The Morgan fingerprint density at radius 1 is 1.31 bits per heavy atom. The van der Waals surface area contributed by atoms with Gasteiger partial charge in [-0.05, 0) is 50.5 Å². The number of rotatable bonds is 3. The van der Waals surface area contributed by atoms with E-state index in [0.29, 0.717) is 24.4 Å². The molecule has 0 saturated heterocycles. The lowest BCUT2D eigenvalue weighted by Gasteiger charge is -2.20. The number of nitrogens with zero attached hydrogens (tertiary/aromatic N) is 3. The first-order valence-electron chi connectivity index (χ1n) is 9.82. The van der Waals surface area contributed by atoms with Gasteiger partial charge in [0.05, 0.1) is 18.5 Å². The molecule has 2 unspecified atom stereocenters. The van der Waals surface area contributed by atoms with E-state index in [4.69, 9.17) is 5.11 Å². The molecule has 0 amide bonds. The highest BCUT2D eigenvalue weighted by atomic mass is 19.1. The van der Waals surface area contributed by atoms with E-state index in [1.54, 1.807) is 6.20 Å². The fraction of sp³-hybridized carbons (Fsp3) is 0.476. The number of benzene rings is 1. The molecule has 29 heavy (non-hydrogen) atoms. The SMILES string of the molecule is CC(C)[N+]1=CCC(c2cc(F)cc(F)c2)N1.Cc1cnn2c1CC(C(=O)O)CC2. The highest BCUT2D eigenvalue weighted by Crippen LogP contribution is 2.23. The number of hydrazone groups is 1. The van der Waals surface area contributed by atoms with Crippen molar-refractivity contribution in [3.8, 4) is 0 Å². The molecule has 2 atom stereocenters. The number of carboxylic acid groups (broad SMARTS) is 1. The molecule has 0 aliphatic carbocycles. The lowest BCUT2D eigenvalue weighted by Crippen LogP contribution is -2.31. The van der Waals surface area contributed by atoms with Crippen LogP contribution in [0.2, 0.25) is 0 Å². The predicted molar refractivity (Wildman–Crippen MR) is 105 cm³/mol. The molecule has 2 aliphatic rings. The van der Waals surface area contributed by atoms with Crippen LogP contribution < -0.4 is 5.43 Å². The number of aryl methyl sites for hydroxylation is 2. The number of fused-ring (bicyclic) bond motifs is 1. The molecule has 6 nitrogen and oxygen atoms in total. The molecule has 0 bridgehead atoms. The first kappa shape index (κ1) is 21.0. The van der Waals surface area contributed by atoms with Crippen LogP contribution in [0, 0.1) is 24.5 Å². The van der Waals surface area contributed by atoms with Gasteiger partial charge in [-0.2, -0.15) is 10.5 Å². The Labute approximate surface area is 168 Å². The second-order valence-electron chi connectivity index (χ2n) is 7.83. The Bertz CT molecular complexity index is 903. The van der Waals surface area contributed by atoms with Crippen molar-refractivity contribution >= 4 is 12.2 Å². The zero-order valence-corrected chi connectivity index (χ0v) is 16.9. The maximum Gasteiger partial charge on any atom is 0.306 e. The molecule has 156 valence electrons. The quantitative estimate of drug-likeness (QED) is 0.770.